The van der Waals surface area contributed by atoms with Gasteiger partial charge in [-0.05, 0) is 32.1 Å². The second-order valence-electron chi connectivity index (χ2n) is 6.31. The Labute approximate surface area is 112 Å². The highest BCUT2D eigenvalue weighted by Gasteiger charge is 2.35. The van der Waals surface area contributed by atoms with Crippen molar-refractivity contribution in [3.8, 4) is 0 Å². The van der Waals surface area contributed by atoms with Crippen LogP contribution in [0.4, 0.5) is 0 Å². The molecule has 0 bridgehead atoms. The average Bonchev–Trinajstić information content (AvgIpc) is 2.90. The summed E-state index contributed by atoms with van der Waals surface area (Å²) in [5, 5.41) is 3.71. The van der Waals surface area contributed by atoms with E-state index in [2.05, 4.69) is 37.9 Å². The maximum Gasteiger partial charge on any atom is 0.0728 e. The van der Waals surface area contributed by atoms with E-state index >= 15 is 0 Å². The van der Waals surface area contributed by atoms with Gasteiger partial charge in [-0.3, -0.25) is 4.90 Å². The summed E-state index contributed by atoms with van der Waals surface area (Å²) in [4.78, 5) is 2.71. The second kappa shape index (κ2) is 6.36. The Morgan fingerprint density at radius 1 is 1.33 bits per heavy atom. The first kappa shape index (κ1) is 14.3. The smallest absolute Gasteiger partial charge is 0.0728 e. The van der Waals surface area contributed by atoms with E-state index in [1.807, 2.05) is 0 Å². The van der Waals surface area contributed by atoms with Gasteiger partial charge >= 0.3 is 0 Å². The fourth-order valence-corrected chi connectivity index (χ4v) is 3.37. The summed E-state index contributed by atoms with van der Waals surface area (Å²) in [6.45, 7) is 12.6. The molecule has 0 saturated carbocycles. The Morgan fingerprint density at radius 2 is 2.11 bits per heavy atom. The van der Waals surface area contributed by atoms with Gasteiger partial charge in [0.05, 0.1) is 6.10 Å². The van der Waals surface area contributed by atoms with E-state index in [0.29, 0.717) is 30.1 Å². The molecule has 2 aliphatic rings. The van der Waals surface area contributed by atoms with E-state index in [9.17, 15) is 0 Å². The number of hydrogen-bond acceptors (Lipinski definition) is 3. The average molecular weight is 254 g/mol. The van der Waals surface area contributed by atoms with Crippen molar-refractivity contribution in [2.45, 2.75) is 71.2 Å². The predicted octanol–water partition coefficient (Wildman–Crippen LogP) is 2.26. The first-order valence-electron chi connectivity index (χ1n) is 7.74. The zero-order valence-electron chi connectivity index (χ0n) is 12.5. The van der Waals surface area contributed by atoms with Crippen LogP contribution in [0, 0.1) is 5.92 Å². The monoisotopic (exact) mass is 254 g/mol. The minimum absolute atomic E-state index is 0.463. The van der Waals surface area contributed by atoms with Crippen molar-refractivity contribution in [1.29, 1.82) is 0 Å². The highest BCUT2D eigenvalue weighted by atomic mass is 16.5. The SMILES string of the molecule is CCC1CNC(C(C)C)CN1C(C)C1CCCO1. The van der Waals surface area contributed by atoms with Crippen LogP contribution in [-0.4, -0.2) is 48.8 Å². The molecule has 0 aliphatic carbocycles. The summed E-state index contributed by atoms with van der Waals surface area (Å²) in [7, 11) is 0. The minimum atomic E-state index is 0.463. The number of ether oxygens (including phenoxy) is 1. The lowest BCUT2D eigenvalue weighted by Crippen LogP contribution is -2.61. The summed E-state index contributed by atoms with van der Waals surface area (Å²) in [6.07, 6.45) is 4.18. The van der Waals surface area contributed by atoms with Crippen LogP contribution >= 0.6 is 0 Å². The van der Waals surface area contributed by atoms with Crippen LogP contribution < -0.4 is 5.32 Å². The molecule has 0 amide bonds. The van der Waals surface area contributed by atoms with Crippen molar-refractivity contribution in [1.82, 2.24) is 10.2 Å². The first-order valence-corrected chi connectivity index (χ1v) is 7.74. The van der Waals surface area contributed by atoms with Crippen molar-refractivity contribution >= 4 is 0 Å². The molecule has 0 aromatic heterocycles. The van der Waals surface area contributed by atoms with Gasteiger partial charge in [0.1, 0.15) is 0 Å². The standard InChI is InChI=1S/C15H30N2O/c1-5-13-9-16-14(11(2)3)10-17(13)12(4)15-7-6-8-18-15/h11-16H,5-10H2,1-4H3. The largest absolute Gasteiger partial charge is 0.377 e. The molecule has 2 aliphatic heterocycles. The topological polar surface area (TPSA) is 24.5 Å². The maximum absolute atomic E-state index is 5.89. The fraction of sp³-hybridized carbons (Fsp3) is 1.00. The molecular formula is C15H30N2O. The molecule has 4 atom stereocenters. The normalized spacial score (nSPS) is 36.2. The Morgan fingerprint density at radius 3 is 2.67 bits per heavy atom. The molecule has 18 heavy (non-hydrogen) atoms. The van der Waals surface area contributed by atoms with E-state index in [0.717, 1.165) is 13.2 Å². The molecule has 0 spiro atoms. The van der Waals surface area contributed by atoms with E-state index in [1.54, 1.807) is 0 Å². The lowest BCUT2D eigenvalue weighted by atomic mass is 9.95. The Balaban J connectivity index is 2.00. The van der Waals surface area contributed by atoms with Crippen molar-refractivity contribution < 1.29 is 4.74 Å². The molecule has 2 saturated heterocycles. The van der Waals surface area contributed by atoms with E-state index in [-0.39, 0.29) is 0 Å². The zero-order chi connectivity index (χ0) is 13.1. The van der Waals surface area contributed by atoms with Gasteiger partial charge in [-0.25, -0.2) is 0 Å². The highest BCUT2D eigenvalue weighted by Crippen LogP contribution is 2.24. The zero-order valence-corrected chi connectivity index (χ0v) is 12.5. The van der Waals surface area contributed by atoms with Crippen molar-refractivity contribution in [3.05, 3.63) is 0 Å². The number of nitrogens with one attached hydrogen (secondary N) is 1. The van der Waals surface area contributed by atoms with Crippen LogP contribution in [0.1, 0.15) is 47.0 Å². The van der Waals surface area contributed by atoms with Gasteiger partial charge in [-0.2, -0.15) is 0 Å². The minimum Gasteiger partial charge on any atom is -0.377 e. The molecule has 0 aromatic rings. The van der Waals surface area contributed by atoms with E-state index < -0.39 is 0 Å². The molecule has 1 N–H and O–H groups in total. The van der Waals surface area contributed by atoms with Crippen LogP contribution in [0.2, 0.25) is 0 Å². The number of nitrogens with zero attached hydrogens (tertiary/aromatic N) is 1. The molecule has 4 unspecified atom stereocenters. The van der Waals surface area contributed by atoms with Gasteiger partial charge in [0.2, 0.25) is 0 Å². The molecule has 2 fully saturated rings. The third-order valence-corrected chi connectivity index (χ3v) is 4.79. The summed E-state index contributed by atoms with van der Waals surface area (Å²) < 4.78 is 5.89. The molecular weight excluding hydrogens is 224 g/mol. The van der Waals surface area contributed by atoms with E-state index in [4.69, 9.17) is 4.74 Å². The van der Waals surface area contributed by atoms with Gasteiger partial charge in [-0.1, -0.05) is 20.8 Å². The first-order chi connectivity index (χ1) is 8.63. The Kier molecular flexibility index (Phi) is 5.05. The summed E-state index contributed by atoms with van der Waals surface area (Å²) >= 11 is 0. The quantitative estimate of drug-likeness (QED) is 0.833. The maximum atomic E-state index is 5.89. The number of piperazine rings is 1. The van der Waals surface area contributed by atoms with Crippen molar-refractivity contribution in [3.63, 3.8) is 0 Å². The van der Waals surface area contributed by atoms with Crippen LogP contribution in [0.3, 0.4) is 0 Å². The number of rotatable bonds is 4. The van der Waals surface area contributed by atoms with E-state index in [1.165, 1.54) is 25.8 Å². The summed E-state index contributed by atoms with van der Waals surface area (Å²) in [5.74, 6) is 0.710. The van der Waals surface area contributed by atoms with Crippen molar-refractivity contribution in [2.75, 3.05) is 19.7 Å². The van der Waals surface area contributed by atoms with Gasteiger partial charge < -0.3 is 10.1 Å². The summed E-state index contributed by atoms with van der Waals surface area (Å²) in [5.41, 5.74) is 0. The van der Waals surface area contributed by atoms with Gasteiger partial charge in [0, 0.05) is 37.8 Å². The summed E-state index contributed by atoms with van der Waals surface area (Å²) in [6, 6.07) is 1.89. The molecule has 0 radical (unpaired) electrons. The van der Waals surface area contributed by atoms with Gasteiger partial charge in [0.15, 0.2) is 0 Å². The van der Waals surface area contributed by atoms with Gasteiger partial charge in [-0.15, -0.1) is 0 Å². The van der Waals surface area contributed by atoms with Crippen molar-refractivity contribution in [2.24, 2.45) is 5.92 Å². The predicted molar refractivity (Wildman–Crippen MR) is 75.8 cm³/mol. The number of hydrogen-bond donors (Lipinski definition) is 1. The molecule has 3 heteroatoms. The second-order valence-corrected chi connectivity index (χ2v) is 6.31. The third kappa shape index (κ3) is 3.06. The molecule has 2 heterocycles. The highest BCUT2D eigenvalue weighted by molar-refractivity contribution is 4.92. The van der Waals surface area contributed by atoms with Crippen LogP contribution in [0.15, 0.2) is 0 Å². The van der Waals surface area contributed by atoms with Crippen LogP contribution in [0.25, 0.3) is 0 Å². The molecule has 0 aromatic carbocycles. The van der Waals surface area contributed by atoms with Crippen LogP contribution in [0.5, 0.6) is 0 Å². The Bertz CT molecular complexity index is 251. The lowest BCUT2D eigenvalue weighted by Gasteiger charge is -2.46. The lowest BCUT2D eigenvalue weighted by molar-refractivity contribution is -0.00934. The fourth-order valence-electron chi connectivity index (χ4n) is 3.37. The molecule has 2 rings (SSSR count). The third-order valence-electron chi connectivity index (χ3n) is 4.79. The Hall–Kier alpha value is -0.120. The molecule has 3 nitrogen and oxygen atoms in total. The molecule has 106 valence electrons. The van der Waals surface area contributed by atoms with Gasteiger partial charge in [0.25, 0.3) is 0 Å². The van der Waals surface area contributed by atoms with Crippen LogP contribution in [-0.2, 0) is 4.74 Å².